The van der Waals surface area contributed by atoms with Gasteiger partial charge in [0.25, 0.3) is 0 Å². The Kier molecular flexibility index (Phi) is 8.46. The lowest BCUT2D eigenvalue weighted by Gasteiger charge is -2.31. The zero-order valence-electron chi connectivity index (χ0n) is 36.8. The molecule has 2 aliphatic rings. The van der Waals surface area contributed by atoms with E-state index in [9.17, 15) is 0 Å². The first-order valence-electron chi connectivity index (χ1n) is 23.2. The molecule has 2 heterocycles. The van der Waals surface area contributed by atoms with Crippen molar-refractivity contribution in [3.05, 3.63) is 259 Å². The summed E-state index contributed by atoms with van der Waals surface area (Å²) in [5, 5.41) is 2.24. The van der Waals surface area contributed by atoms with Crippen LogP contribution in [0.5, 0.6) is 0 Å². The molecule has 0 atom stereocenters. The van der Waals surface area contributed by atoms with E-state index in [0.29, 0.717) is 17.5 Å². The normalized spacial score (nSPS) is 12.8. The van der Waals surface area contributed by atoms with Gasteiger partial charge >= 0.3 is 0 Å². The second-order valence-corrected chi connectivity index (χ2v) is 17.8. The van der Waals surface area contributed by atoms with Crippen LogP contribution in [0.4, 0.5) is 0 Å². The Morgan fingerprint density at radius 1 is 0.250 bits per heavy atom. The standard InChI is InChI=1S/C64H39N3O/c1-3-17-40(18-4-1)61-65-62(41-19-5-2-6-20-41)67-63(66-61)46-24-16-22-43(36-46)42-21-15-23-44(35-42)53-39-58-54(38-52(53)45-33-34-51-50-28-10-14-32-59(50)68-60(51)37-45)49-27-9-13-31-57(49)64(58)55-29-11-7-25-47(55)48-26-8-12-30-56(48)64/h1-39H. The van der Waals surface area contributed by atoms with E-state index in [4.69, 9.17) is 19.4 Å². The van der Waals surface area contributed by atoms with Crippen molar-refractivity contribution in [2.24, 2.45) is 0 Å². The monoisotopic (exact) mass is 865 g/mol. The topological polar surface area (TPSA) is 51.8 Å². The van der Waals surface area contributed by atoms with Gasteiger partial charge < -0.3 is 4.42 Å². The van der Waals surface area contributed by atoms with Crippen LogP contribution < -0.4 is 0 Å². The first kappa shape index (κ1) is 38.3. The highest BCUT2D eigenvalue weighted by Gasteiger charge is 2.51. The number of rotatable bonds is 6. The van der Waals surface area contributed by atoms with Gasteiger partial charge in [0.1, 0.15) is 11.2 Å². The van der Waals surface area contributed by atoms with Crippen LogP contribution in [0.2, 0.25) is 0 Å². The fourth-order valence-electron chi connectivity index (χ4n) is 11.2. The molecule has 0 fully saturated rings. The van der Waals surface area contributed by atoms with Crippen LogP contribution in [-0.2, 0) is 5.41 Å². The van der Waals surface area contributed by atoms with Gasteiger partial charge in [0.05, 0.1) is 5.41 Å². The molecular formula is C64H39N3O. The van der Waals surface area contributed by atoms with Gasteiger partial charge in [0.2, 0.25) is 0 Å². The maximum Gasteiger partial charge on any atom is 0.164 e. The van der Waals surface area contributed by atoms with E-state index < -0.39 is 5.41 Å². The van der Waals surface area contributed by atoms with Crippen molar-refractivity contribution in [2.45, 2.75) is 5.41 Å². The predicted molar refractivity (Wildman–Crippen MR) is 276 cm³/mol. The molecule has 2 aliphatic carbocycles. The molecule has 68 heavy (non-hydrogen) atoms. The van der Waals surface area contributed by atoms with Crippen LogP contribution in [0.25, 0.3) is 112 Å². The Morgan fingerprint density at radius 3 is 1.32 bits per heavy atom. The number of furan rings is 1. The molecule has 0 bridgehead atoms. The SMILES string of the molecule is c1ccc(-c2nc(-c3ccccc3)nc(-c3cccc(-c4cccc(-c5cc6c(cc5-c5ccc7c(c5)oc5ccccc57)-c5ccccc5C65c6ccccc6-c6ccccc65)c4)c3)n2)cc1. The Labute approximate surface area is 393 Å². The van der Waals surface area contributed by atoms with Gasteiger partial charge in [-0.25, -0.2) is 15.0 Å². The third kappa shape index (κ3) is 5.77. The van der Waals surface area contributed by atoms with E-state index in [1.165, 1.54) is 44.5 Å². The van der Waals surface area contributed by atoms with Gasteiger partial charge in [-0.05, 0) is 120 Å². The highest BCUT2D eigenvalue weighted by Crippen LogP contribution is 2.63. The molecular weight excluding hydrogens is 827 g/mol. The first-order valence-corrected chi connectivity index (χ1v) is 23.2. The molecule has 0 unspecified atom stereocenters. The lowest BCUT2D eigenvalue weighted by atomic mass is 9.70. The summed E-state index contributed by atoms with van der Waals surface area (Å²) in [7, 11) is 0. The van der Waals surface area contributed by atoms with Gasteiger partial charge in [-0.15, -0.1) is 0 Å². The van der Waals surface area contributed by atoms with Gasteiger partial charge in [0.15, 0.2) is 17.5 Å². The molecule has 0 saturated carbocycles. The summed E-state index contributed by atoms with van der Waals surface area (Å²) < 4.78 is 6.54. The van der Waals surface area contributed by atoms with Crippen molar-refractivity contribution in [1.82, 2.24) is 15.0 Å². The van der Waals surface area contributed by atoms with Crippen molar-refractivity contribution in [1.29, 1.82) is 0 Å². The molecule has 316 valence electrons. The molecule has 10 aromatic carbocycles. The van der Waals surface area contributed by atoms with Gasteiger partial charge in [-0.2, -0.15) is 0 Å². The summed E-state index contributed by atoms with van der Waals surface area (Å²) in [6, 6.07) is 84.9. The minimum atomic E-state index is -0.483. The maximum atomic E-state index is 6.54. The molecule has 14 rings (SSSR count). The largest absolute Gasteiger partial charge is 0.456 e. The fourth-order valence-corrected chi connectivity index (χ4v) is 11.2. The Morgan fingerprint density at radius 2 is 0.691 bits per heavy atom. The van der Waals surface area contributed by atoms with E-state index in [2.05, 4.69) is 170 Å². The van der Waals surface area contributed by atoms with Crippen LogP contribution in [0, 0.1) is 0 Å². The smallest absolute Gasteiger partial charge is 0.164 e. The van der Waals surface area contributed by atoms with Crippen LogP contribution in [-0.4, -0.2) is 15.0 Å². The summed E-state index contributed by atoms with van der Waals surface area (Å²) >= 11 is 0. The van der Waals surface area contributed by atoms with Crippen LogP contribution in [0.1, 0.15) is 22.3 Å². The number of para-hydroxylation sites is 1. The molecule has 0 amide bonds. The number of fused-ring (bicyclic) bond motifs is 13. The third-order valence-corrected chi connectivity index (χ3v) is 14.2. The number of nitrogens with zero attached hydrogens (tertiary/aromatic N) is 3. The van der Waals surface area contributed by atoms with Gasteiger partial charge in [-0.3, -0.25) is 0 Å². The summed E-state index contributed by atoms with van der Waals surface area (Å²) in [4.78, 5) is 15.1. The van der Waals surface area contributed by atoms with Gasteiger partial charge in [-0.1, -0.05) is 194 Å². The van der Waals surface area contributed by atoms with Crippen molar-refractivity contribution in [3.8, 4) is 89.8 Å². The van der Waals surface area contributed by atoms with E-state index in [0.717, 1.165) is 72.0 Å². The summed E-state index contributed by atoms with van der Waals surface area (Å²) in [6.45, 7) is 0. The quantitative estimate of drug-likeness (QED) is 0.167. The summed E-state index contributed by atoms with van der Waals surface area (Å²) in [6.07, 6.45) is 0. The molecule has 0 radical (unpaired) electrons. The second-order valence-electron chi connectivity index (χ2n) is 17.8. The van der Waals surface area contributed by atoms with E-state index in [1.807, 2.05) is 66.7 Å². The molecule has 0 aliphatic heterocycles. The summed E-state index contributed by atoms with van der Waals surface area (Å²) in [5.41, 5.74) is 21.1. The molecule has 4 nitrogen and oxygen atoms in total. The zero-order chi connectivity index (χ0) is 44.8. The van der Waals surface area contributed by atoms with Crippen molar-refractivity contribution >= 4 is 21.9 Å². The minimum Gasteiger partial charge on any atom is -0.456 e. The number of hydrogen-bond donors (Lipinski definition) is 0. The average Bonchev–Trinajstić information content (AvgIpc) is 4.04. The number of aromatic nitrogens is 3. The number of hydrogen-bond acceptors (Lipinski definition) is 4. The van der Waals surface area contributed by atoms with Crippen LogP contribution >= 0.6 is 0 Å². The predicted octanol–water partition coefficient (Wildman–Crippen LogP) is 16.1. The average molecular weight is 866 g/mol. The Hall–Kier alpha value is -8.99. The lowest BCUT2D eigenvalue weighted by molar-refractivity contribution is 0.669. The maximum absolute atomic E-state index is 6.54. The summed E-state index contributed by atoms with van der Waals surface area (Å²) in [5.74, 6) is 1.90. The van der Waals surface area contributed by atoms with Crippen molar-refractivity contribution in [3.63, 3.8) is 0 Å². The van der Waals surface area contributed by atoms with Crippen molar-refractivity contribution < 1.29 is 4.42 Å². The van der Waals surface area contributed by atoms with E-state index in [-0.39, 0.29) is 0 Å². The Bertz CT molecular complexity index is 3880. The van der Waals surface area contributed by atoms with Crippen LogP contribution in [0.3, 0.4) is 0 Å². The van der Waals surface area contributed by atoms with Crippen LogP contribution in [0.15, 0.2) is 241 Å². The molecule has 2 aromatic heterocycles. The Balaban J connectivity index is 0.972. The fraction of sp³-hybridized carbons (Fsp3) is 0.0156. The molecule has 1 spiro atoms. The van der Waals surface area contributed by atoms with Gasteiger partial charge in [0, 0.05) is 27.5 Å². The third-order valence-electron chi connectivity index (χ3n) is 14.2. The molecule has 4 heteroatoms. The van der Waals surface area contributed by atoms with Crippen molar-refractivity contribution in [2.75, 3.05) is 0 Å². The molecule has 0 N–H and O–H groups in total. The van der Waals surface area contributed by atoms with E-state index in [1.54, 1.807) is 0 Å². The minimum absolute atomic E-state index is 0.483. The zero-order valence-corrected chi connectivity index (χ0v) is 36.8. The van der Waals surface area contributed by atoms with E-state index >= 15 is 0 Å². The first-order chi connectivity index (χ1) is 33.7. The highest BCUT2D eigenvalue weighted by atomic mass is 16.3. The number of benzene rings is 10. The molecule has 12 aromatic rings. The highest BCUT2D eigenvalue weighted by molar-refractivity contribution is 6.07. The lowest BCUT2D eigenvalue weighted by Crippen LogP contribution is -2.25. The molecule has 0 saturated heterocycles. The second kappa shape index (κ2) is 15.0.